The van der Waals surface area contributed by atoms with Gasteiger partial charge >= 0.3 is 0 Å². The number of methoxy groups -OCH3 is 1. The summed E-state index contributed by atoms with van der Waals surface area (Å²) in [5, 5.41) is 9.45. The number of halogens is 2. The minimum Gasteiger partial charge on any atom is -0.474 e. The molecule has 2 aliphatic heterocycles. The highest BCUT2D eigenvalue weighted by molar-refractivity contribution is 6.31. The number of ether oxygens (including phenoxy) is 2. The van der Waals surface area contributed by atoms with E-state index >= 15 is 0 Å². The van der Waals surface area contributed by atoms with Gasteiger partial charge in [0.15, 0.2) is 11.6 Å². The molecule has 0 radical (unpaired) electrons. The minimum absolute atomic E-state index is 0.0382. The number of benzene rings is 1. The molecule has 6 rings (SSSR count). The zero-order valence-electron chi connectivity index (χ0n) is 17.8. The molecule has 4 heterocycles. The van der Waals surface area contributed by atoms with E-state index in [1.54, 1.807) is 13.4 Å². The van der Waals surface area contributed by atoms with Gasteiger partial charge in [0.25, 0.3) is 0 Å². The fourth-order valence-electron chi connectivity index (χ4n) is 4.43. The van der Waals surface area contributed by atoms with Crippen LogP contribution in [0.3, 0.4) is 0 Å². The quantitative estimate of drug-likeness (QED) is 0.411. The summed E-state index contributed by atoms with van der Waals surface area (Å²) in [4.78, 5) is 9.56. The maximum absolute atomic E-state index is 6.33. The van der Waals surface area contributed by atoms with E-state index < -0.39 is 0 Å². The van der Waals surface area contributed by atoms with E-state index in [1.807, 2.05) is 39.5 Å². The van der Waals surface area contributed by atoms with Gasteiger partial charge in [-0.25, -0.2) is 9.98 Å². The van der Waals surface area contributed by atoms with Crippen LogP contribution in [0.4, 0.5) is 0 Å². The molecule has 168 valence electrons. The molecule has 0 bridgehead atoms. The summed E-state index contributed by atoms with van der Waals surface area (Å²) in [6.07, 6.45) is 8.76. The van der Waals surface area contributed by atoms with Crippen molar-refractivity contribution in [2.24, 2.45) is 4.99 Å². The van der Waals surface area contributed by atoms with Crippen molar-refractivity contribution in [2.75, 3.05) is 13.7 Å². The first-order chi connectivity index (χ1) is 16.1. The first kappa shape index (κ1) is 20.7. The highest BCUT2D eigenvalue weighted by atomic mass is 35.5. The zero-order chi connectivity index (χ0) is 22.5. The molecule has 3 aromatic rings. The van der Waals surface area contributed by atoms with Crippen LogP contribution in [-0.4, -0.2) is 55.3 Å². The molecule has 2 atom stereocenters. The third kappa shape index (κ3) is 3.49. The van der Waals surface area contributed by atoms with Gasteiger partial charge in [-0.1, -0.05) is 29.8 Å². The maximum atomic E-state index is 6.33. The summed E-state index contributed by atoms with van der Waals surface area (Å²) in [5.74, 6) is 1.99. The second kappa shape index (κ2) is 8.13. The third-order valence-electron chi connectivity index (χ3n) is 6.05. The molecule has 10 heteroatoms. The Morgan fingerprint density at radius 3 is 3.00 bits per heavy atom. The van der Waals surface area contributed by atoms with E-state index in [0.717, 1.165) is 40.6 Å². The standard InChI is InChI=1S/C23H20Cl2N6O2/c1-32-11-20-28-29-22-16-8-15(25)6-7-18(16)31-12-26-21(19(31)9-30(20)22)23-27-17(10-33-23)13-2-4-14(24)5-3-13/h2-4,6-8,12,14,17H,5,9-11H2,1H3/t14?,17-/m1/s1. The Morgan fingerprint density at radius 1 is 1.27 bits per heavy atom. The number of hydrogen-bond acceptors (Lipinski definition) is 6. The van der Waals surface area contributed by atoms with Crippen molar-refractivity contribution < 1.29 is 9.47 Å². The van der Waals surface area contributed by atoms with E-state index in [4.69, 9.17) is 42.7 Å². The fourth-order valence-corrected chi connectivity index (χ4v) is 4.76. The average molecular weight is 483 g/mol. The minimum atomic E-state index is -0.0656. The van der Waals surface area contributed by atoms with Gasteiger partial charge in [0.2, 0.25) is 5.90 Å². The van der Waals surface area contributed by atoms with Crippen LogP contribution in [0.2, 0.25) is 5.02 Å². The second-order valence-corrected chi connectivity index (χ2v) is 9.10. The zero-order valence-corrected chi connectivity index (χ0v) is 19.3. The van der Waals surface area contributed by atoms with Crippen LogP contribution in [0.1, 0.15) is 23.6 Å². The number of fused-ring (bicyclic) bond motifs is 5. The number of hydrogen-bond donors (Lipinski definition) is 0. The Hall–Kier alpha value is -2.94. The largest absolute Gasteiger partial charge is 0.474 e. The molecule has 1 unspecified atom stereocenters. The highest BCUT2D eigenvalue weighted by Gasteiger charge is 2.31. The Bertz CT molecular complexity index is 1340. The van der Waals surface area contributed by atoms with Crippen LogP contribution >= 0.6 is 23.2 Å². The highest BCUT2D eigenvalue weighted by Crippen LogP contribution is 2.35. The molecule has 1 aromatic carbocycles. The number of allylic oxidation sites excluding steroid dienone is 2. The summed E-state index contributed by atoms with van der Waals surface area (Å²) >= 11 is 12.5. The summed E-state index contributed by atoms with van der Waals surface area (Å²) < 4.78 is 15.5. The normalized spacial score (nSPS) is 20.9. The van der Waals surface area contributed by atoms with Crippen LogP contribution in [-0.2, 0) is 22.6 Å². The van der Waals surface area contributed by atoms with Crippen LogP contribution in [0.25, 0.3) is 17.1 Å². The monoisotopic (exact) mass is 482 g/mol. The lowest BCUT2D eigenvalue weighted by molar-refractivity contribution is 0.174. The molecule has 33 heavy (non-hydrogen) atoms. The van der Waals surface area contributed by atoms with E-state index in [1.165, 1.54) is 0 Å². The summed E-state index contributed by atoms with van der Waals surface area (Å²) in [5.41, 5.74) is 4.56. The van der Waals surface area contributed by atoms with E-state index in [-0.39, 0.29) is 11.4 Å². The first-order valence-electron chi connectivity index (χ1n) is 10.6. The Labute approximate surface area is 200 Å². The van der Waals surface area contributed by atoms with Gasteiger partial charge in [-0.05, 0) is 30.2 Å². The van der Waals surface area contributed by atoms with Gasteiger partial charge < -0.3 is 14.0 Å². The Balaban J connectivity index is 1.45. The molecule has 0 N–H and O–H groups in total. The smallest absolute Gasteiger partial charge is 0.238 e. The number of alkyl halides is 1. The predicted octanol–water partition coefficient (Wildman–Crippen LogP) is 3.93. The molecule has 0 spiro atoms. The lowest BCUT2D eigenvalue weighted by atomic mass is 10.0. The van der Waals surface area contributed by atoms with E-state index in [2.05, 4.69) is 16.3 Å². The summed E-state index contributed by atoms with van der Waals surface area (Å²) in [7, 11) is 1.64. The van der Waals surface area contributed by atoms with Crippen molar-refractivity contribution in [3.05, 3.63) is 70.6 Å². The van der Waals surface area contributed by atoms with Crippen LogP contribution in [0, 0.1) is 0 Å². The first-order valence-corrected chi connectivity index (χ1v) is 11.4. The SMILES string of the molecule is COCc1nnc2n1Cc1c(C3=N[C@@H](C4=CCC(Cl)C=C4)CO3)ncn1-c1ccc(Cl)cc1-2. The number of aliphatic imine (C=N–C) groups is 1. The van der Waals surface area contributed by atoms with Crippen molar-refractivity contribution >= 4 is 29.1 Å². The van der Waals surface area contributed by atoms with Crippen molar-refractivity contribution in [3.63, 3.8) is 0 Å². The number of imidazole rings is 1. The van der Waals surface area contributed by atoms with Gasteiger partial charge in [-0.15, -0.1) is 21.8 Å². The van der Waals surface area contributed by atoms with Crippen LogP contribution in [0.15, 0.2) is 53.3 Å². The number of nitrogens with zero attached hydrogens (tertiary/aromatic N) is 6. The van der Waals surface area contributed by atoms with Gasteiger partial charge in [0, 0.05) is 17.7 Å². The Morgan fingerprint density at radius 2 is 2.18 bits per heavy atom. The number of aromatic nitrogens is 5. The van der Waals surface area contributed by atoms with Crippen molar-refractivity contribution in [1.82, 2.24) is 24.3 Å². The van der Waals surface area contributed by atoms with Gasteiger partial charge in [-0.2, -0.15) is 0 Å². The molecule has 3 aliphatic rings. The van der Waals surface area contributed by atoms with Crippen molar-refractivity contribution in [3.8, 4) is 17.1 Å². The summed E-state index contributed by atoms with van der Waals surface area (Å²) in [6.45, 7) is 1.31. The molecular weight excluding hydrogens is 463 g/mol. The second-order valence-electron chi connectivity index (χ2n) is 8.11. The van der Waals surface area contributed by atoms with Gasteiger partial charge in [0.1, 0.15) is 31.3 Å². The van der Waals surface area contributed by atoms with E-state index in [0.29, 0.717) is 36.4 Å². The molecule has 8 nitrogen and oxygen atoms in total. The van der Waals surface area contributed by atoms with Crippen molar-refractivity contribution in [1.29, 1.82) is 0 Å². The molecule has 1 aliphatic carbocycles. The van der Waals surface area contributed by atoms with Crippen LogP contribution < -0.4 is 0 Å². The Kier molecular flexibility index (Phi) is 5.09. The lowest BCUT2D eigenvalue weighted by Crippen LogP contribution is -2.13. The lowest BCUT2D eigenvalue weighted by Gasteiger charge is -2.12. The molecule has 0 fully saturated rings. The fraction of sp³-hybridized carbons (Fsp3) is 0.304. The molecule has 2 aromatic heterocycles. The predicted molar refractivity (Wildman–Crippen MR) is 125 cm³/mol. The van der Waals surface area contributed by atoms with Crippen LogP contribution in [0.5, 0.6) is 0 Å². The molecule has 0 amide bonds. The molecular formula is C23H20Cl2N6O2. The topological polar surface area (TPSA) is 79.3 Å². The molecule has 0 saturated heterocycles. The molecule has 0 saturated carbocycles. The third-order valence-corrected chi connectivity index (χ3v) is 6.61. The van der Waals surface area contributed by atoms with E-state index in [9.17, 15) is 0 Å². The van der Waals surface area contributed by atoms with Crippen molar-refractivity contribution in [2.45, 2.75) is 31.0 Å². The average Bonchev–Trinajstić information content (AvgIpc) is 3.53. The summed E-state index contributed by atoms with van der Waals surface area (Å²) in [6, 6.07) is 5.66. The number of rotatable bonds is 4. The van der Waals surface area contributed by atoms with Gasteiger partial charge in [-0.3, -0.25) is 4.57 Å². The maximum Gasteiger partial charge on any atom is 0.238 e. The van der Waals surface area contributed by atoms with Gasteiger partial charge in [0.05, 0.1) is 23.3 Å².